The summed E-state index contributed by atoms with van der Waals surface area (Å²) in [5.41, 5.74) is 0.222. The fourth-order valence-corrected chi connectivity index (χ4v) is 2.83. The van der Waals surface area contributed by atoms with Crippen LogP contribution in [0.5, 0.6) is 5.75 Å². The highest BCUT2D eigenvalue weighted by molar-refractivity contribution is 7.90. The van der Waals surface area contributed by atoms with Gasteiger partial charge in [-0.25, -0.2) is 8.42 Å². The number of carbonyl (C=O) groups is 1. The molecule has 1 unspecified atom stereocenters. The average Bonchev–Trinajstić information content (AvgIpc) is 2.56. The molecule has 0 bridgehead atoms. The van der Waals surface area contributed by atoms with Crippen LogP contribution in [0.1, 0.15) is 6.42 Å². The van der Waals surface area contributed by atoms with E-state index in [9.17, 15) is 18.3 Å². The number of sulfone groups is 1. The van der Waals surface area contributed by atoms with Gasteiger partial charge < -0.3 is 10.0 Å². The molecule has 1 aliphatic rings. The first-order chi connectivity index (χ1) is 8.29. The molecule has 7 heteroatoms. The summed E-state index contributed by atoms with van der Waals surface area (Å²) < 4.78 is 22.9. The minimum Gasteiger partial charge on any atom is -0.506 e. The van der Waals surface area contributed by atoms with Gasteiger partial charge in [0.25, 0.3) is 0 Å². The van der Waals surface area contributed by atoms with Gasteiger partial charge in [0, 0.05) is 24.5 Å². The smallest absolute Gasteiger partial charge is 0.228 e. The number of carbonyl (C=O) groups excluding carboxylic acids is 1. The van der Waals surface area contributed by atoms with Gasteiger partial charge in [0.1, 0.15) is 5.75 Å². The highest BCUT2D eigenvalue weighted by atomic mass is 32.2. The van der Waals surface area contributed by atoms with E-state index in [-0.39, 0.29) is 33.9 Å². The first-order valence-corrected chi connectivity index (χ1v) is 7.71. The zero-order valence-electron chi connectivity index (χ0n) is 9.70. The van der Waals surface area contributed by atoms with E-state index in [2.05, 4.69) is 12.6 Å². The highest BCUT2D eigenvalue weighted by Crippen LogP contribution is 2.33. The molecule has 1 saturated heterocycles. The molecule has 1 aromatic rings. The molecule has 1 N–H and O–H groups in total. The number of benzene rings is 1. The predicted octanol–water partition coefficient (Wildman–Crippen LogP) is 0.831. The quantitative estimate of drug-likeness (QED) is 0.790. The minimum atomic E-state index is -3.37. The van der Waals surface area contributed by atoms with E-state index >= 15 is 0 Å². The number of rotatable bonds is 2. The second kappa shape index (κ2) is 4.47. The molecule has 1 amide bonds. The molecule has 18 heavy (non-hydrogen) atoms. The van der Waals surface area contributed by atoms with Crippen LogP contribution in [-0.2, 0) is 14.6 Å². The number of hydrogen-bond donors (Lipinski definition) is 2. The summed E-state index contributed by atoms with van der Waals surface area (Å²) in [5, 5.41) is 9.65. The van der Waals surface area contributed by atoms with Gasteiger partial charge in [-0.1, -0.05) is 0 Å². The number of aromatic hydroxyl groups is 1. The molecule has 0 spiro atoms. The van der Waals surface area contributed by atoms with Crippen molar-refractivity contribution in [2.45, 2.75) is 16.6 Å². The number of amides is 1. The molecule has 0 aromatic heterocycles. The fraction of sp³-hybridized carbons (Fsp3) is 0.364. The Morgan fingerprint density at radius 3 is 2.61 bits per heavy atom. The molecule has 1 atom stereocenters. The Balaban J connectivity index is 2.48. The van der Waals surface area contributed by atoms with E-state index in [1.165, 1.54) is 23.1 Å². The van der Waals surface area contributed by atoms with Crippen LogP contribution in [-0.4, -0.2) is 37.5 Å². The molecule has 2 rings (SSSR count). The third-order valence-electron chi connectivity index (χ3n) is 2.77. The second-order valence-electron chi connectivity index (χ2n) is 4.28. The van der Waals surface area contributed by atoms with E-state index in [0.717, 1.165) is 6.26 Å². The number of phenols is 1. The maximum atomic E-state index is 11.7. The molecule has 1 aliphatic heterocycles. The molecule has 98 valence electrons. The van der Waals surface area contributed by atoms with Crippen LogP contribution in [0.4, 0.5) is 5.69 Å². The Morgan fingerprint density at radius 2 is 2.11 bits per heavy atom. The number of phenolic OH excluding ortho intramolecular Hbond substituents is 1. The van der Waals surface area contributed by atoms with Crippen LogP contribution >= 0.6 is 12.6 Å². The van der Waals surface area contributed by atoms with Gasteiger partial charge in [0.2, 0.25) is 5.91 Å². The van der Waals surface area contributed by atoms with E-state index in [1.807, 2.05) is 0 Å². The lowest BCUT2D eigenvalue weighted by Gasteiger charge is -2.18. The van der Waals surface area contributed by atoms with Gasteiger partial charge in [-0.05, 0) is 18.2 Å². The van der Waals surface area contributed by atoms with Gasteiger partial charge in [-0.3, -0.25) is 4.79 Å². The van der Waals surface area contributed by atoms with Crippen molar-refractivity contribution >= 4 is 34.1 Å². The Hall–Kier alpha value is -1.21. The van der Waals surface area contributed by atoms with Gasteiger partial charge in [0.15, 0.2) is 9.84 Å². The van der Waals surface area contributed by atoms with Gasteiger partial charge in [0.05, 0.1) is 10.6 Å². The summed E-state index contributed by atoms with van der Waals surface area (Å²) >= 11 is 4.22. The highest BCUT2D eigenvalue weighted by Gasteiger charge is 2.30. The van der Waals surface area contributed by atoms with Crippen molar-refractivity contribution in [1.29, 1.82) is 0 Å². The van der Waals surface area contributed by atoms with Gasteiger partial charge >= 0.3 is 0 Å². The third kappa shape index (κ3) is 2.46. The standard InChI is InChI=1S/C11H13NO4S2/c1-18(15,16)8-2-3-10(13)9(5-8)12-6-7(17)4-11(12)14/h2-3,5,7,13,17H,4,6H2,1H3. The Labute approximate surface area is 111 Å². The lowest BCUT2D eigenvalue weighted by atomic mass is 10.2. The zero-order chi connectivity index (χ0) is 13.5. The van der Waals surface area contributed by atoms with Crippen LogP contribution in [0.25, 0.3) is 0 Å². The molecule has 0 aliphatic carbocycles. The van der Waals surface area contributed by atoms with Crippen molar-refractivity contribution < 1.29 is 18.3 Å². The normalized spacial score (nSPS) is 20.4. The molecule has 1 aromatic carbocycles. The zero-order valence-corrected chi connectivity index (χ0v) is 11.4. The number of nitrogens with zero attached hydrogens (tertiary/aromatic N) is 1. The first kappa shape index (κ1) is 13.2. The summed E-state index contributed by atoms with van der Waals surface area (Å²) in [6, 6.07) is 3.91. The molecule has 1 fully saturated rings. The van der Waals surface area contributed by atoms with Crippen molar-refractivity contribution in [3.8, 4) is 5.75 Å². The van der Waals surface area contributed by atoms with Crippen LogP contribution in [0.15, 0.2) is 23.1 Å². The van der Waals surface area contributed by atoms with Crippen molar-refractivity contribution in [1.82, 2.24) is 0 Å². The third-order valence-corrected chi connectivity index (χ3v) is 4.23. The summed E-state index contributed by atoms with van der Waals surface area (Å²) in [5.74, 6) is -0.283. The largest absolute Gasteiger partial charge is 0.506 e. The van der Waals surface area contributed by atoms with Crippen molar-refractivity contribution in [3.63, 3.8) is 0 Å². The predicted molar refractivity (Wildman–Crippen MR) is 71.0 cm³/mol. The second-order valence-corrected chi connectivity index (χ2v) is 7.03. The van der Waals surface area contributed by atoms with Crippen LogP contribution in [0.3, 0.4) is 0 Å². The summed E-state index contributed by atoms with van der Waals surface area (Å²) in [4.78, 5) is 13.2. The molecular formula is C11H13NO4S2. The van der Waals surface area contributed by atoms with E-state index < -0.39 is 9.84 Å². The number of hydrogen-bond acceptors (Lipinski definition) is 5. The monoisotopic (exact) mass is 287 g/mol. The van der Waals surface area contributed by atoms with E-state index in [1.54, 1.807) is 0 Å². The lowest BCUT2D eigenvalue weighted by Crippen LogP contribution is -2.24. The molecule has 0 radical (unpaired) electrons. The maximum Gasteiger partial charge on any atom is 0.228 e. The molecule has 5 nitrogen and oxygen atoms in total. The van der Waals surface area contributed by atoms with Crippen LogP contribution < -0.4 is 4.90 Å². The molecule has 1 heterocycles. The summed E-state index contributed by atoms with van der Waals surface area (Å²) in [6.45, 7) is 0.364. The minimum absolute atomic E-state index is 0.0747. The Bertz CT molecular complexity index is 597. The molecular weight excluding hydrogens is 274 g/mol. The summed E-state index contributed by atoms with van der Waals surface area (Å²) in [6.07, 6.45) is 1.36. The fourth-order valence-electron chi connectivity index (χ4n) is 1.87. The molecule has 0 saturated carbocycles. The average molecular weight is 287 g/mol. The van der Waals surface area contributed by atoms with Crippen LogP contribution in [0, 0.1) is 0 Å². The number of anilines is 1. The topological polar surface area (TPSA) is 74.7 Å². The van der Waals surface area contributed by atoms with Crippen molar-refractivity contribution in [3.05, 3.63) is 18.2 Å². The van der Waals surface area contributed by atoms with Crippen molar-refractivity contribution in [2.24, 2.45) is 0 Å². The Morgan fingerprint density at radius 1 is 1.44 bits per heavy atom. The van der Waals surface area contributed by atoms with Gasteiger partial charge in [-0.15, -0.1) is 0 Å². The lowest BCUT2D eigenvalue weighted by molar-refractivity contribution is -0.117. The maximum absolute atomic E-state index is 11.7. The summed E-state index contributed by atoms with van der Waals surface area (Å²) in [7, 11) is -3.37. The number of thiol groups is 1. The van der Waals surface area contributed by atoms with E-state index in [0.29, 0.717) is 6.54 Å². The first-order valence-electron chi connectivity index (χ1n) is 5.30. The van der Waals surface area contributed by atoms with E-state index in [4.69, 9.17) is 0 Å². The van der Waals surface area contributed by atoms with Crippen molar-refractivity contribution in [2.75, 3.05) is 17.7 Å². The SMILES string of the molecule is CS(=O)(=O)c1ccc(O)c(N2CC(S)CC2=O)c1. The van der Waals surface area contributed by atoms with Crippen LogP contribution in [0.2, 0.25) is 0 Å². The Kier molecular flexibility index (Phi) is 3.29. The van der Waals surface area contributed by atoms with Gasteiger partial charge in [-0.2, -0.15) is 12.6 Å².